The summed E-state index contributed by atoms with van der Waals surface area (Å²) in [5.74, 6) is -1.77. The molecule has 0 saturated carbocycles. The molecule has 304 valence electrons. The minimum atomic E-state index is -0.850. The molecule has 1 unspecified atom stereocenters. The molecule has 6 aromatic rings. The van der Waals surface area contributed by atoms with Crippen LogP contribution < -0.4 is 30.7 Å². The fraction of sp³-hybridized carbons (Fsp3) is 0.109. The zero-order chi connectivity index (χ0) is 42.6. The van der Waals surface area contributed by atoms with Gasteiger partial charge >= 0.3 is 5.97 Å². The van der Waals surface area contributed by atoms with Gasteiger partial charge in [-0.2, -0.15) is 0 Å². The molecular weight excluding hydrogens is 801 g/mol. The van der Waals surface area contributed by atoms with E-state index in [1.807, 2.05) is 36.4 Å². The summed E-state index contributed by atoms with van der Waals surface area (Å²) in [4.78, 5) is 68.8. The first kappa shape index (κ1) is 42.4. The van der Waals surface area contributed by atoms with E-state index in [9.17, 15) is 24.0 Å². The molecule has 0 saturated heterocycles. The Morgan fingerprint density at radius 2 is 1.32 bits per heavy atom. The van der Waals surface area contributed by atoms with Crippen LogP contribution in [-0.4, -0.2) is 50.9 Å². The molecular formula is C46H40N4O8S2. The molecule has 0 aliphatic rings. The van der Waals surface area contributed by atoms with Crippen molar-refractivity contribution in [2.45, 2.75) is 17.1 Å². The molecule has 14 heteroatoms. The number of thioether (sulfide) groups is 1. The Bertz CT molecular complexity index is 2540. The van der Waals surface area contributed by atoms with E-state index < -0.39 is 34.8 Å². The second-order valence-electron chi connectivity index (χ2n) is 12.9. The first-order chi connectivity index (χ1) is 29.1. The second kappa shape index (κ2) is 20.0. The van der Waals surface area contributed by atoms with Crippen LogP contribution >= 0.6 is 23.1 Å². The molecule has 1 aromatic heterocycles. The van der Waals surface area contributed by atoms with Gasteiger partial charge in [-0.25, -0.2) is 4.79 Å². The average molecular weight is 841 g/mol. The lowest BCUT2D eigenvalue weighted by molar-refractivity contribution is -0.116. The van der Waals surface area contributed by atoms with Gasteiger partial charge in [0, 0.05) is 21.8 Å². The van der Waals surface area contributed by atoms with Crippen molar-refractivity contribution in [3.63, 3.8) is 0 Å². The van der Waals surface area contributed by atoms with E-state index in [1.165, 1.54) is 39.2 Å². The van der Waals surface area contributed by atoms with E-state index in [1.54, 1.807) is 104 Å². The number of nitrogens with one attached hydrogen (secondary N) is 4. The number of carbonyl (C=O) groups is 5. The molecule has 60 heavy (non-hydrogen) atoms. The minimum absolute atomic E-state index is 0.0415. The van der Waals surface area contributed by atoms with Crippen LogP contribution in [0.25, 0.3) is 6.08 Å². The summed E-state index contributed by atoms with van der Waals surface area (Å²) < 4.78 is 15.9. The first-order valence-electron chi connectivity index (χ1n) is 18.4. The number of para-hydroxylation sites is 1. The van der Waals surface area contributed by atoms with Crippen molar-refractivity contribution in [2.24, 2.45) is 0 Å². The monoisotopic (exact) mass is 840 g/mol. The Morgan fingerprint density at radius 1 is 0.667 bits per heavy atom. The number of amides is 4. The molecule has 0 fully saturated rings. The molecule has 0 radical (unpaired) electrons. The first-order valence-corrected chi connectivity index (χ1v) is 20.1. The van der Waals surface area contributed by atoms with E-state index in [-0.39, 0.29) is 21.1 Å². The smallest absolute Gasteiger partial charge is 0.341 e. The topological polar surface area (TPSA) is 161 Å². The van der Waals surface area contributed by atoms with Gasteiger partial charge in [0.05, 0.1) is 31.8 Å². The van der Waals surface area contributed by atoms with E-state index in [0.717, 1.165) is 11.3 Å². The Balaban J connectivity index is 1.27. The lowest BCUT2D eigenvalue weighted by Gasteiger charge is -2.18. The number of hydrogen-bond donors (Lipinski definition) is 4. The maximum absolute atomic E-state index is 14.3. The number of rotatable bonds is 15. The SMILES string of the molecule is COC(=O)c1c(NC(=O)C(Sc2cccc(NC(=O)/C(=C\c3ccc(OC)c(OC)c3)NC(=O)c3ccccc3)c2)c2ccccc2)sc(C(=O)Nc2ccccc2)c1C. The van der Waals surface area contributed by atoms with Crippen LogP contribution in [0.5, 0.6) is 11.5 Å². The van der Waals surface area contributed by atoms with E-state index in [2.05, 4.69) is 21.3 Å². The van der Waals surface area contributed by atoms with Crippen LogP contribution in [-0.2, 0) is 14.3 Å². The van der Waals surface area contributed by atoms with Gasteiger partial charge in [0.2, 0.25) is 5.91 Å². The fourth-order valence-electron chi connectivity index (χ4n) is 5.99. The van der Waals surface area contributed by atoms with Gasteiger partial charge < -0.3 is 35.5 Å². The Hall–Kier alpha value is -7.16. The van der Waals surface area contributed by atoms with Crippen molar-refractivity contribution in [1.29, 1.82) is 0 Å². The zero-order valence-electron chi connectivity index (χ0n) is 32.9. The molecule has 4 N–H and O–H groups in total. The molecule has 4 amide bonds. The summed E-state index contributed by atoms with van der Waals surface area (Å²) >= 11 is 2.18. The van der Waals surface area contributed by atoms with E-state index >= 15 is 0 Å². The maximum atomic E-state index is 14.3. The molecule has 12 nitrogen and oxygen atoms in total. The molecule has 5 aromatic carbocycles. The predicted molar refractivity (Wildman–Crippen MR) is 235 cm³/mol. The minimum Gasteiger partial charge on any atom is -0.493 e. The third-order valence-corrected chi connectivity index (χ3v) is 11.4. The van der Waals surface area contributed by atoms with Crippen molar-refractivity contribution in [3.05, 3.63) is 172 Å². The molecule has 0 bridgehead atoms. The molecule has 0 spiro atoms. The van der Waals surface area contributed by atoms with Crippen LogP contribution in [0.2, 0.25) is 0 Å². The van der Waals surface area contributed by atoms with Gasteiger partial charge in [-0.05, 0) is 84.3 Å². The van der Waals surface area contributed by atoms with Gasteiger partial charge in [-0.15, -0.1) is 23.1 Å². The summed E-state index contributed by atoms with van der Waals surface area (Å²) in [5.41, 5.74) is 2.94. The predicted octanol–water partition coefficient (Wildman–Crippen LogP) is 8.99. The number of hydrogen-bond acceptors (Lipinski definition) is 10. The number of methoxy groups -OCH3 is 3. The molecule has 1 heterocycles. The number of carbonyl (C=O) groups excluding carboxylic acids is 5. The summed E-state index contributed by atoms with van der Waals surface area (Å²) in [6, 6.07) is 38.5. The standard InChI is InChI=1S/C46H40N4O8S2/c1-28-38(46(55)58-4)45(60-39(28)43(53)47-32-19-12-7-13-20-32)50-44(54)40(30-15-8-5-9-16-30)59-34-22-14-21-33(27-34)48-42(52)35(49-41(51)31-17-10-6-11-18-31)25-29-23-24-36(56-2)37(26-29)57-3/h5-27,40H,1-4H3,(H,47,53)(H,48,52)(H,49,51)(H,50,54)/b35-25+. The molecule has 0 aliphatic carbocycles. The lowest BCUT2D eigenvalue weighted by Crippen LogP contribution is -2.30. The maximum Gasteiger partial charge on any atom is 0.341 e. The number of ether oxygens (including phenoxy) is 3. The zero-order valence-corrected chi connectivity index (χ0v) is 34.6. The van der Waals surface area contributed by atoms with E-state index in [4.69, 9.17) is 14.2 Å². The highest BCUT2D eigenvalue weighted by Crippen LogP contribution is 2.40. The molecule has 1 atom stereocenters. The number of esters is 1. The van der Waals surface area contributed by atoms with E-state index in [0.29, 0.717) is 50.0 Å². The van der Waals surface area contributed by atoms with Gasteiger partial charge in [0.15, 0.2) is 11.5 Å². The largest absolute Gasteiger partial charge is 0.493 e. The lowest BCUT2D eigenvalue weighted by atomic mass is 10.1. The van der Waals surface area contributed by atoms with Crippen molar-refractivity contribution in [3.8, 4) is 11.5 Å². The average Bonchev–Trinajstić information content (AvgIpc) is 3.60. The normalized spacial score (nSPS) is 11.4. The molecule has 6 rings (SSSR count). The van der Waals surface area contributed by atoms with Crippen LogP contribution in [0.4, 0.5) is 16.4 Å². The highest BCUT2D eigenvalue weighted by atomic mass is 32.2. The highest BCUT2D eigenvalue weighted by molar-refractivity contribution is 8.00. The van der Waals surface area contributed by atoms with Crippen molar-refractivity contribution in [1.82, 2.24) is 5.32 Å². The Kier molecular flexibility index (Phi) is 14.2. The van der Waals surface area contributed by atoms with Gasteiger partial charge in [-0.3, -0.25) is 19.2 Å². The number of anilines is 3. The van der Waals surface area contributed by atoms with Gasteiger partial charge in [0.25, 0.3) is 17.7 Å². The van der Waals surface area contributed by atoms with Crippen LogP contribution in [0.3, 0.4) is 0 Å². The summed E-state index contributed by atoms with van der Waals surface area (Å²) in [6.07, 6.45) is 1.53. The third kappa shape index (κ3) is 10.5. The highest BCUT2D eigenvalue weighted by Gasteiger charge is 2.30. The number of thiophene rings is 1. The van der Waals surface area contributed by atoms with Crippen LogP contribution in [0.15, 0.2) is 144 Å². The number of benzene rings is 5. The molecule has 0 aliphatic heterocycles. The van der Waals surface area contributed by atoms with Crippen LogP contribution in [0.1, 0.15) is 52.3 Å². The van der Waals surface area contributed by atoms with Crippen molar-refractivity contribution < 1.29 is 38.2 Å². The second-order valence-corrected chi connectivity index (χ2v) is 15.1. The fourth-order valence-corrected chi connectivity index (χ4v) is 8.16. The van der Waals surface area contributed by atoms with Crippen molar-refractivity contribution >= 4 is 75.1 Å². The van der Waals surface area contributed by atoms with Crippen LogP contribution in [0, 0.1) is 6.92 Å². The summed E-state index contributed by atoms with van der Waals surface area (Å²) in [7, 11) is 4.25. The van der Waals surface area contributed by atoms with Gasteiger partial charge in [0.1, 0.15) is 15.9 Å². The Labute approximate surface area is 355 Å². The van der Waals surface area contributed by atoms with Gasteiger partial charge in [-0.1, -0.05) is 78.9 Å². The van der Waals surface area contributed by atoms with Crippen molar-refractivity contribution in [2.75, 3.05) is 37.3 Å². The summed E-state index contributed by atoms with van der Waals surface area (Å²) in [5, 5.41) is 10.7. The quantitative estimate of drug-likeness (QED) is 0.0450. The third-order valence-electron chi connectivity index (χ3n) is 8.94. The summed E-state index contributed by atoms with van der Waals surface area (Å²) in [6.45, 7) is 1.63. The Morgan fingerprint density at radius 3 is 1.98 bits per heavy atom.